The Balaban J connectivity index is 2.35. The SMILES string of the molecule is COc1cc(C)cc(C)c1CC1(N)CC1. The van der Waals surface area contributed by atoms with E-state index >= 15 is 0 Å². The number of hydrogen-bond acceptors (Lipinski definition) is 2. The second kappa shape index (κ2) is 3.53. The van der Waals surface area contributed by atoms with Gasteiger partial charge in [0.1, 0.15) is 5.75 Å². The van der Waals surface area contributed by atoms with Crippen molar-refractivity contribution in [2.75, 3.05) is 7.11 Å². The summed E-state index contributed by atoms with van der Waals surface area (Å²) in [5, 5.41) is 0. The van der Waals surface area contributed by atoms with Crippen LogP contribution >= 0.6 is 0 Å². The summed E-state index contributed by atoms with van der Waals surface area (Å²) < 4.78 is 5.43. The van der Waals surface area contributed by atoms with Crippen molar-refractivity contribution in [3.05, 3.63) is 28.8 Å². The molecule has 1 aromatic rings. The third-order valence-electron chi connectivity index (χ3n) is 3.22. The Morgan fingerprint density at radius 2 is 2.00 bits per heavy atom. The van der Waals surface area contributed by atoms with E-state index in [1.165, 1.54) is 16.7 Å². The molecule has 0 amide bonds. The lowest BCUT2D eigenvalue weighted by Gasteiger charge is -2.16. The van der Waals surface area contributed by atoms with E-state index in [2.05, 4.69) is 26.0 Å². The summed E-state index contributed by atoms with van der Waals surface area (Å²) in [6, 6.07) is 4.29. The first-order valence-electron chi connectivity index (χ1n) is 5.47. The van der Waals surface area contributed by atoms with Gasteiger partial charge in [-0.05, 0) is 55.9 Å². The molecule has 1 saturated carbocycles. The molecule has 1 aromatic carbocycles. The molecule has 2 heteroatoms. The van der Waals surface area contributed by atoms with Crippen LogP contribution < -0.4 is 10.5 Å². The second-order valence-corrected chi connectivity index (χ2v) is 4.80. The maximum Gasteiger partial charge on any atom is 0.122 e. The molecule has 0 unspecified atom stereocenters. The van der Waals surface area contributed by atoms with E-state index in [0.717, 1.165) is 25.0 Å². The molecule has 0 heterocycles. The van der Waals surface area contributed by atoms with Crippen LogP contribution in [-0.2, 0) is 6.42 Å². The fourth-order valence-corrected chi connectivity index (χ4v) is 2.06. The smallest absolute Gasteiger partial charge is 0.122 e. The van der Waals surface area contributed by atoms with Crippen LogP contribution in [0.5, 0.6) is 5.75 Å². The molecule has 0 atom stereocenters. The maximum absolute atomic E-state index is 6.15. The predicted octanol–water partition coefficient (Wildman–Crippen LogP) is 2.35. The Morgan fingerprint density at radius 1 is 1.33 bits per heavy atom. The van der Waals surface area contributed by atoms with Crippen LogP contribution in [0.15, 0.2) is 12.1 Å². The Labute approximate surface area is 91.4 Å². The van der Waals surface area contributed by atoms with Crippen molar-refractivity contribution in [3.8, 4) is 5.75 Å². The summed E-state index contributed by atoms with van der Waals surface area (Å²) in [5.74, 6) is 0.990. The zero-order chi connectivity index (χ0) is 11.1. The zero-order valence-electron chi connectivity index (χ0n) is 9.76. The van der Waals surface area contributed by atoms with Gasteiger partial charge in [0.25, 0.3) is 0 Å². The summed E-state index contributed by atoms with van der Waals surface area (Å²) in [7, 11) is 1.73. The van der Waals surface area contributed by atoms with Gasteiger partial charge in [0.15, 0.2) is 0 Å². The summed E-state index contributed by atoms with van der Waals surface area (Å²) in [6.45, 7) is 4.23. The average molecular weight is 205 g/mol. The molecular weight excluding hydrogens is 186 g/mol. The quantitative estimate of drug-likeness (QED) is 0.822. The Bertz CT molecular complexity index is 380. The Kier molecular flexibility index (Phi) is 2.47. The van der Waals surface area contributed by atoms with Gasteiger partial charge in [-0.2, -0.15) is 0 Å². The fourth-order valence-electron chi connectivity index (χ4n) is 2.06. The molecule has 2 N–H and O–H groups in total. The van der Waals surface area contributed by atoms with Crippen LogP contribution in [0.3, 0.4) is 0 Å². The summed E-state index contributed by atoms with van der Waals surface area (Å²) in [6.07, 6.45) is 3.23. The van der Waals surface area contributed by atoms with Crippen molar-refractivity contribution in [3.63, 3.8) is 0 Å². The molecular formula is C13H19NO. The monoisotopic (exact) mass is 205 g/mol. The minimum absolute atomic E-state index is 0.0489. The number of aryl methyl sites for hydroxylation is 2. The van der Waals surface area contributed by atoms with E-state index in [1.807, 2.05) is 0 Å². The lowest BCUT2D eigenvalue weighted by molar-refractivity contribution is 0.406. The Hall–Kier alpha value is -1.02. The van der Waals surface area contributed by atoms with Gasteiger partial charge in [-0.1, -0.05) is 6.07 Å². The van der Waals surface area contributed by atoms with E-state index in [9.17, 15) is 0 Å². The molecule has 0 saturated heterocycles. The maximum atomic E-state index is 6.15. The van der Waals surface area contributed by atoms with Gasteiger partial charge >= 0.3 is 0 Å². The first kappa shape index (κ1) is 10.5. The molecule has 0 spiro atoms. The summed E-state index contributed by atoms with van der Waals surface area (Å²) >= 11 is 0. The van der Waals surface area contributed by atoms with Crippen LogP contribution in [-0.4, -0.2) is 12.6 Å². The van der Waals surface area contributed by atoms with Crippen LogP contribution in [0.1, 0.15) is 29.5 Å². The molecule has 0 bridgehead atoms. The molecule has 82 valence electrons. The van der Waals surface area contributed by atoms with E-state index < -0.39 is 0 Å². The van der Waals surface area contributed by atoms with Gasteiger partial charge in [-0.3, -0.25) is 0 Å². The summed E-state index contributed by atoms with van der Waals surface area (Å²) in [4.78, 5) is 0. The van der Waals surface area contributed by atoms with Crippen molar-refractivity contribution in [1.82, 2.24) is 0 Å². The molecule has 0 aromatic heterocycles. The molecule has 0 aliphatic heterocycles. The number of ether oxygens (including phenoxy) is 1. The topological polar surface area (TPSA) is 35.2 Å². The third-order valence-corrected chi connectivity index (χ3v) is 3.22. The summed E-state index contributed by atoms with van der Waals surface area (Å²) in [5.41, 5.74) is 10.0. The number of rotatable bonds is 3. The average Bonchev–Trinajstić information content (AvgIpc) is 2.88. The van der Waals surface area contributed by atoms with Crippen molar-refractivity contribution in [2.24, 2.45) is 5.73 Å². The highest BCUT2D eigenvalue weighted by Crippen LogP contribution is 2.39. The minimum Gasteiger partial charge on any atom is -0.496 e. The molecule has 2 nitrogen and oxygen atoms in total. The van der Waals surface area contributed by atoms with Gasteiger partial charge in [-0.15, -0.1) is 0 Å². The van der Waals surface area contributed by atoms with Crippen molar-refractivity contribution in [1.29, 1.82) is 0 Å². The first-order valence-corrected chi connectivity index (χ1v) is 5.47. The molecule has 1 aliphatic carbocycles. The molecule has 1 aliphatic rings. The minimum atomic E-state index is 0.0489. The third kappa shape index (κ3) is 2.15. The highest BCUT2D eigenvalue weighted by Gasteiger charge is 2.39. The first-order chi connectivity index (χ1) is 7.04. The second-order valence-electron chi connectivity index (χ2n) is 4.80. The zero-order valence-corrected chi connectivity index (χ0v) is 9.76. The number of nitrogens with two attached hydrogens (primary N) is 1. The van der Waals surface area contributed by atoms with Crippen LogP contribution in [0.2, 0.25) is 0 Å². The standard InChI is InChI=1S/C13H19NO/c1-9-6-10(2)11(12(7-9)15-3)8-13(14)4-5-13/h6-7H,4-5,8,14H2,1-3H3. The lowest BCUT2D eigenvalue weighted by atomic mass is 9.97. The van der Waals surface area contributed by atoms with Gasteiger partial charge in [0.2, 0.25) is 0 Å². The van der Waals surface area contributed by atoms with E-state index in [4.69, 9.17) is 10.5 Å². The van der Waals surface area contributed by atoms with Crippen molar-refractivity contribution in [2.45, 2.75) is 38.6 Å². The van der Waals surface area contributed by atoms with Crippen LogP contribution in [0.25, 0.3) is 0 Å². The van der Waals surface area contributed by atoms with Gasteiger partial charge in [0.05, 0.1) is 7.11 Å². The van der Waals surface area contributed by atoms with Crippen LogP contribution in [0, 0.1) is 13.8 Å². The highest BCUT2D eigenvalue weighted by atomic mass is 16.5. The molecule has 0 radical (unpaired) electrons. The fraction of sp³-hybridized carbons (Fsp3) is 0.538. The number of methoxy groups -OCH3 is 1. The van der Waals surface area contributed by atoms with E-state index in [0.29, 0.717) is 0 Å². The van der Waals surface area contributed by atoms with Gasteiger partial charge in [-0.25, -0.2) is 0 Å². The van der Waals surface area contributed by atoms with Gasteiger partial charge in [0, 0.05) is 5.54 Å². The normalized spacial score (nSPS) is 17.6. The number of benzene rings is 1. The van der Waals surface area contributed by atoms with Crippen LogP contribution in [0.4, 0.5) is 0 Å². The predicted molar refractivity (Wildman–Crippen MR) is 62.3 cm³/mol. The molecule has 2 rings (SSSR count). The van der Waals surface area contributed by atoms with E-state index in [1.54, 1.807) is 7.11 Å². The Morgan fingerprint density at radius 3 is 2.53 bits per heavy atom. The number of hydrogen-bond donors (Lipinski definition) is 1. The lowest BCUT2D eigenvalue weighted by Crippen LogP contribution is -2.25. The highest BCUT2D eigenvalue weighted by molar-refractivity contribution is 5.44. The van der Waals surface area contributed by atoms with Gasteiger partial charge < -0.3 is 10.5 Å². The van der Waals surface area contributed by atoms with E-state index in [-0.39, 0.29) is 5.54 Å². The van der Waals surface area contributed by atoms with Crippen molar-refractivity contribution < 1.29 is 4.74 Å². The molecule has 15 heavy (non-hydrogen) atoms. The molecule has 1 fully saturated rings. The largest absolute Gasteiger partial charge is 0.496 e. The van der Waals surface area contributed by atoms with Crippen molar-refractivity contribution >= 4 is 0 Å².